The first-order chi connectivity index (χ1) is 11.5. The summed E-state index contributed by atoms with van der Waals surface area (Å²) in [5.74, 6) is 0.728. The van der Waals surface area contributed by atoms with Gasteiger partial charge in [-0.25, -0.2) is 4.99 Å². The van der Waals surface area contributed by atoms with E-state index in [1.54, 1.807) is 19.0 Å². The van der Waals surface area contributed by atoms with Crippen LogP contribution in [-0.4, -0.2) is 50.0 Å². The van der Waals surface area contributed by atoms with Gasteiger partial charge >= 0.3 is 0 Å². The van der Waals surface area contributed by atoms with Crippen LogP contribution in [0.1, 0.15) is 31.2 Å². The summed E-state index contributed by atoms with van der Waals surface area (Å²) in [5.41, 5.74) is 1.22. The molecular formula is C18H28ClIN4O. The number of aliphatic imine (C=N–C) groups is 1. The first-order valence-electron chi connectivity index (χ1n) is 8.54. The zero-order chi connectivity index (χ0) is 17.4. The molecule has 0 atom stereocenters. The van der Waals surface area contributed by atoms with Gasteiger partial charge in [-0.15, -0.1) is 24.0 Å². The molecule has 0 radical (unpaired) electrons. The Morgan fingerprint density at radius 1 is 1.24 bits per heavy atom. The van der Waals surface area contributed by atoms with Crippen molar-refractivity contribution < 1.29 is 4.79 Å². The van der Waals surface area contributed by atoms with Gasteiger partial charge in [0.2, 0.25) is 5.91 Å². The monoisotopic (exact) mass is 478 g/mol. The van der Waals surface area contributed by atoms with Gasteiger partial charge in [-0.1, -0.05) is 36.6 Å². The van der Waals surface area contributed by atoms with Crippen LogP contribution in [0.2, 0.25) is 5.02 Å². The number of carbonyl (C=O) groups is 1. The quantitative estimate of drug-likeness (QED) is 0.375. The molecule has 5 nitrogen and oxygen atoms in total. The van der Waals surface area contributed by atoms with Crippen LogP contribution in [-0.2, 0) is 11.2 Å². The SMILES string of the molecule is CN(C)C(=O)CN=C(NCCc1ccc(Cl)cc1)NC1CCCC1.I. The molecule has 2 N–H and O–H groups in total. The number of hydrogen-bond donors (Lipinski definition) is 2. The molecule has 1 aromatic rings. The summed E-state index contributed by atoms with van der Waals surface area (Å²) in [6.07, 6.45) is 5.72. The van der Waals surface area contributed by atoms with E-state index in [0.717, 1.165) is 23.9 Å². The predicted octanol–water partition coefficient (Wildman–Crippen LogP) is 3.07. The van der Waals surface area contributed by atoms with Crippen LogP contribution in [0.25, 0.3) is 0 Å². The van der Waals surface area contributed by atoms with Gasteiger partial charge in [0.05, 0.1) is 0 Å². The van der Waals surface area contributed by atoms with Gasteiger partial charge in [-0.05, 0) is 37.0 Å². The molecule has 7 heteroatoms. The first kappa shape index (κ1) is 22.0. The Labute approximate surface area is 172 Å². The topological polar surface area (TPSA) is 56.7 Å². The molecule has 0 spiro atoms. The third kappa shape index (κ3) is 8.27. The second-order valence-corrected chi connectivity index (χ2v) is 6.82. The van der Waals surface area contributed by atoms with Crippen LogP contribution >= 0.6 is 35.6 Å². The van der Waals surface area contributed by atoms with Gasteiger partial charge < -0.3 is 15.5 Å². The number of guanidine groups is 1. The number of amides is 1. The average Bonchev–Trinajstić information content (AvgIpc) is 3.06. The summed E-state index contributed by atoms with van der Waals surface area (Å²) in [6.45, 7) is 0.923. The maximum Gasteiger partial charge on any atom is 0.243 e. The van der Waals surface area contributed by atoms with Gasteiger partial charge in [0.25, 0.3) is 0 Å². The fourth-order valence-electron chi connectivity index (χ4n) is 2.68. The Hall–Kier alpha value is -1.02. The van der Waals surface area contributed by atoms with Crippen LogP contribution in [0.15, 0.2) is 29.3 Å². The third-order valence-corrected chi connectivity index (χ3v) is 4.44. The number of likely N-dealkylation sites (N-methyl/N-ethyl adjacent to an activating group) is 1. The molecule has 2 rings (SSSR count). The largest absolute Gasteiger partial charge is 0.356 e. The Morgan fingerprint density at radius 3 is 2.48 bits per heavy atom. The van der Waals surface area contributed by atoms with Crippen molar-refractivity contribution in [1.29, 1.82) is 0 Å². The number of hydrogen-bond acceptors (Lipinski definition) is 2. The minimum absolute atomic E-state index is 0. The summed E-state index contributed by atoms with van der Waals surface area (Å²) in [4.78, 5) is 17.8. The highest BCUT2D eigenvalue weighted by atomic mass is 127. The Kier molecular flexibility index (Phi) is 10.2. The first-order valence-corrected chi connectivity index (χ1v) is 8.92. The highest BCUT2D eigenvalue weighted by molar-refractivity contribution is 14.0. The molecule has 1 aromatic carbocycles. The Balaban J connectivity index is 0.00000312. The van der Waals surface area contributed by atoms with Crippen molar-refractivity contribution in [3.63, 3.8) is 0 Å². The number of halogens is 2. The standard InChI is InChI=1S/C18H27ClN4O.HI/c1-23(2)17(24)13-21-18(22-16-5-3-4-6-16)20-12-11-14-7-9-15(19)10-8-14;/h7-10,16H,3-6,11-13H2,1-2H3,(H2,20,21,22);1H. The van der Waals surface area contributed by atoms with Crippen molar-refractivity contribution in [2.24, 2.45) is 4.99 Å². The van der Waals surface area contributed by atoms with Crippen LogP contribution in [0.5, 0.6) is 0 Å². The summed E-state index contributed by atoms with van der Waals surface area (Å²) in [6, 6.07) is 8.32. The lowest BCUT2D eigenvalue weighted by Crippen LogP contribution is -2.43. The smallest absolute Gasteiger partial charge is 0.243 e. The fourth-order valence-corrected chi connectivity index (χ4v) is 2.81. The van der Waals surface area contributed by atoms with Crippen molar-refractivity contribution in [3.05, 3.63) is 34.9 Å². The number of nitrogens with one attached hydrogen (secondary N) is 2. The lowest BCUT2D eigenvalue weighted by molar-refractivity contribution is -0.127. The van der Waals surface area contributed by atoms with Gasteiger partial charge in [-0.2, -0.15) is 0 Å². The van der Waals surface area contributed by atoms with E-state index in [-0.39, 0.29) is 36.4 Å². The molecule has 1 saturated carbocycles. The van der Waals surface area contributed by atoms with Gasteiger partial charge in [0.1, 0.15) is 6.54 Å². The minimum atomic E-state index is 0. The van der Waals surface area contributed by atoms with E-state index in [1.807, 2.05) is 24.3 Å². The fraction of sp³-hybridized carbons (Fsp3) is 0.556. The zero-order valence-corrected chi connectivity index (χ0v) is 18.0. The molecule has 1 amide bonds. The second kappa shape index (κ2) is 11.6. The zero-order valence-electron chi connectivity index (χ0n) is 14.9. The molecule has 0 aliphatic heterocycles. The summed E-state index contributed by atoms with van der Waals surface area (Å²) in [5, 5.41) is 7.54. The van der Waals surface area contributed by atoms with Crippen molar-refractivity contribution in [1.82, 2.24) is 15.5 Å². The summed E-state index contributed by atoms with van der Waals surface area (Å²) < 4.78 is 0. The Bertz CT molecular complexity index is 557. The molecule has 1 aliphatic rings. The number of benzene rings is 1. The van der Waals surface area contributed by atoms with E-state index in [0.29, 0.717) is 6.04 Å². The van der Waals surface area contributed by atoms with Crippen LogP contribution in [0, 0.1) is 0 Å². The van der Waals surface area contributed by atoms with Crippen molar-refractivity contribution in [2.75, 3.05) is 27.2 Å². The molecule has 1 fully saturated rings. The maximum absolute atomic E-state index is 11.8. The van der Waals surface area contributed by atoms with Crippen molar-refractivity contribution in [3.8, 4) is 0 Å². The molecule has 0 heterocycles. The second-order valence-electron chi connectivity index (χ2n) is 6.38. The molecule has 25 heavy (non-hydrogen) atoms. The normalized spacial score (nSPS) is 14.8. The molecule has 0 bridgehead atoms. The van der Waals surface area contributed by atoms with Gasteiger partial charge in [-0.3, -0.25) is 4.79 Å². The van der Waals surface area contributed by atoms with E-state index >= 15 is 0 Å². The highest BCUT2D eigenvalue weighted by Gasteiger charge is 2.16. The molecule has 0 saturated heterocycles. The summed E-state index contributed by atoms with van der Waals surface area (Å²) in [7, 11) is 3.49. The van der Waals surface area contributed by atoms with E-state index in [1.165, 1.54) is 31.2 Å². The predicted molar refractivity (Wildman–Crippen MR) is 115 cm³/mol. The molecule has 0 aromatic heterocycles. The lowest BCUT2D eigenvalue weighted by atomic mass is 10.1. The van der Waals surface area contributed by atoms with Crippen molar-refractivity contribution in [2.45, 2.75) is 38.1 Å². The number of carbonyl (C=O) groups excluding carboxylic acids is 1. The van der Waals surface area contributed by atoms with Crippen LogP contribution < -0.4 is 10.6 Å². The average molecular weight is 479 g/mol. The third-order valence-electron chi connectivity index (χ3n) is 4.19. The minimum Gasteiger partial charge on any atom is -0.356 e. The van der Waals surface area contributed by atoms with Crippen molar-refractivity contribution >= 4 is 47.4 Å². The van der Waals surface area contributed by atoms with Crippen LogP contribution in [0.4, 0.5) is 0 Å². The Morgan fingerprint density at radius 2 is 1.88 bits per heavy atom. The van der Waals surface area contributed by atoms with Gasteiger partial charge in [0.15, 0.2) is 5.96 Å². The van der Waals surface area contributed by atoms with E-state index < -0.39 is 0 Å². The van der Waals surface area contributed by atoms with E-state index in [4.69, 9.17) is 11.6 Å². The van der Waals surface area contributed by atoms with E-state index in [9.17, 15) is 4.79 Å². The van der Waals surface area contributed by atoms with Crippen LogP contribution in [0.3, 0.4) is 0 Å². The van der Waals surface area contributed by atoms with Gasteiger partial charge in [0, 0.05) is 31.7 Å². The maximum atomic E-state index is 11.8. The highest BCUT2D eigenvalue weighted by Crippen LogP contribution is 2.17. The molecule has 1 aliphatic carbocycles. The number of rotatable bonds is 6. The molecule has 140 valence electrons. The lowest BCUT2D eigenvalue weighted by Gasteiger charge is -2.18. The molecular weight excluding hydrogens is 451 g/mol. The molecule has 0 unspecified atom stereocenters. The number of nitrogens with zero attached hydrogens (tertiary/aromatic N) is 2. The van der Waals surface area contributed by atoms with E-state index in [2.05, 4.69) is 15.6 Å². The summed E-state index contributed by atoms with van der Waals surface area (Å²) >= 11 is 5.91.